The highest BCUT2D eigenvalue weighted by Gasteiger charge is 2.17. The van der Waals surface area contributed by atoms with Crippen LogP contribution in [0.2, 0.25) is 0 Å². The fourth-order valence-corrected chi connectivity index (χ4v) is 2.76. The Morgan fingerprint density at radius 1 is 1.52 bits per heavy atom. The molecule has 2 aromatic rings. The lowest BCUT2D eigenvalue weighted by molar-refractivity contribution is -0.122. The van der Waals surface area contributed by atoms with E-state index < -0.39 is 5.69 Å². The summed E-state index contributed by atoms with van der Waals surface area (Å²) in [6.45, 7) is 1.86. The second-order valence-corrected chi connectivity index (χ2v) is 5.74. The minimum absolute atomic E-state index is 0.127. The van der Waals surface area contributed by atoms with Crippen LogP contribution in [0.1, 0.15) is 6.42 Å². The molecule has 0 aromatic carbocycles. The Labute approximate surface area is 124 Å². The molecule has 1 aliphatic heterocycles. The first-order valence-electron chi connectivity index (χ1n) is 6.65. The smallest absolute Gasteiger partial charge is 0.369 e. The van der Waals surface area contributed by atoms with Crippen molar-refractivity contribution in [1.82, 2.24) is 25.1 Å². The first-order valence-corrected chi connectivity index (χ1v) is 7.53. The molecular formula is C12H15N5O3S. The standard InChI is InChI=1S/C12H15N5O3S/c18-10(13-6-9-3-4-20-8-9)7-16-12(19)17(15-14-16)11-2-1-5-21-11/h1-2,5,9H,3-4,6-8H2,(H,13,18). The highest BCUT2D eigenvalue weighted by molar-refractivity contribution is 7.12. The molecule has 1 fully saturated rings. The van der Waals surface area contributed by atoms with Gasteiger partial charge in [0.05, 0.1) is 6.61 Å². The average Bonchev–Trinajstić information content (AvgIpc) is 3.19. The maximum absolute atomic E-state index is 12.1. The Balaban J connectivity index is 1.60. The van der Waals surface area contributed by atoms with E-state index in [0.717, 1.165) is 17.7 Å². The summed E-state index contributed by atoms with van der Waals surface area (Å²) in [7, 11) is 0. The number of thiophene rings is 1. The molecule has 0 bridgehead atoms. The van der Waals surface area contributed by atoms with Crippen LogP contribution >= 0.6 is 11.3 Å². The molecule has 9 heteroatoms. The molecular weight excluding hydrogens is 294 g/mol. The quantitative estimate of drug-likeness (QED) is 0.815. The maximum Gasteiger partial charge on any atom is 0.369 e. The fraction of sp³-hybridized carbons (Fsp3) is 0.500. The largest absolute Gasteiger partial charge is 0.381 e. The fourth-order valence-electron chi connectivity index (χ4n) is 2.10. The molecule has 1 amide bonds. The van der Waals surface area contributed by atoms with Crippen LogP contribution in [0.5, 0.6) is 0 Å². The molecule has 21 heavy (non-hydrogen) atoms. The summed E-state index contributed by atoms with van der Waals surface area (Å²) in [6.07, 6.45) is 0.953. The average molecular weight is 309 g/mol. The summed E-state index contributed by atoms with van der Waals surface area (Å²) in [5.74, 6) is 0.106. The van der Waals surface area contributed by atoms with Crippen LogP contribution in [0.4, 0.5) is 0 Å². The van der Waals surface area contributed by atoms with Gasteiger partial charge in [0.25, 0.3) is 0 Å². The maximum atomic E-state index is 12.1. The molecule has 1 unspecified atom stereocenters. The van der Waals surface area contributed by atoms with Gasteiger partial charge < -0.3 is 10.1 Å². The van der Waals surface area contributed by atoms with Gasteiger partial charge in [-0.3, -0.25) is 4.79 Å². The van der Waals surface area contributed by atoms with Gasteiger partial charge in [0, 0.05) is 19.1 Å². The van der Waals surface area contributed by atoms with Crippen LogP contribution in [0, 0.1) is 5.92 Å². The molecule has 1 saturated heterocycles. The van der Waals surface area contributed by atoms with E-state index in [9.17, 15) is 9.59 Å². The SMILES string of the molecule is O=C(Cn1nnn(-c2cccs2)c1=O)NCC1CCOC1. The second-order valence-electron chi connectivity index (χ2n) is 4.82. The summed E-state index contributed by atoms with van der Waals surface area (Å²) in [4.78, 5) is 23.9. The zero-order chi connectivity index (χ0) is 14.7. The van der Waals surface area contributed by atoms with Gasteiger partial charge in [-0.25, -0.2) is 4.79 Å². The number of aromatic nitrogens is 4. The Kier molecular flexibility index (Phi) is 4.11. The van der Waals surface area contributed by atoms with Crippen LogP contribution in [0.15, 0.2) is 22.3 Å². The van der Waals surface area contributed by atoms with Gasteiger partial charge in [0.1, 0.15) is 11.5 Å². The minimum atomic E-state index is -0.420. The lowest BCUT2D eigenvalue weighted by Gasteiger charge is -2.08. The number of carbonyl (C=O) groups is 1. The highest BCUT2D eigenvalue weighted by atomic mass is 32.1. The highest BCUT2D eigenvalue weighted by Crippen LogP contribution is 2.11. The Morgan fingerprint density at radius 3 is 3.14 bits per heavy atom. The lowest BCUT2D eigenvalue weighted by atomic mass is 10.1. The number of amides is 1. The van der Waals surface area contributed by atoms with Crippen molar-refractivity contribution in [1.29, 1.82) is 0 Å². The Morgan fingerprint density at radius 2 is 2.43 bits per heavy atom. The molecule has 2 aromatic heterocycles. The van der Waals surface area contributed by atoms with Gasteiger partial charge in [0.15, 0.2) is 0 Å². The molecule has 112 valence electrons. The summed E-state index contributed by atoms with van der Waals surface area (Å²) in [5, 5.41) is 12.8. The number of ether oxygens (including phenoxy) is 1. The van der Waals surface area contributed by atoms with Gasteiger partial charge in [-0.15, -0.1) is 11.3 Å². The zero-order valence-corrected chi connectivity index (χ0v) is 12.1. The summed E-state index contributed by atoms with van der Waals surface area (Å²) < 4.78 is 7.48. The second kappa shape index (κ2) is 6.19. The first-order chi connectivity index (χ1) is 10.2. The monoisotopic (exact) mass is 309 g/mol. The third-order valence-corrected chi connectivity index (χ3v) is 4.10. The van der Waals surface area contributed by atoms with Gasteiger partial charge in [-0.05, 0) is 34.4 Å². The predicted octanol–water partition coefficient (Wildman–Crippen LogP) is -0.357. The van der Waals surface area contributed by atoms with Gasteiger partial charge in [0.2, 0.25) is 5.91 Å². The van der Waals surface area contributed by atoms with Gasteiger partial charge >= 0.3 is 5.69 Å². The topological polar surface area (TPSA) is 91.0 Å². The third-order valence-electron chi connectivity index (χ3n) is 3.26. The molecule has 1 atom stereocenters. The molecule has 3 heterocycles. The van der Waals surface area contributed by atoms with E-state index in [2.05, 4.69) is 15.7 Å². The van der Waals surface area contributed by atoms with Crippen molar-refractivity contribution < 1.29 is 9.53 Å². The molecule has 0 radical (unpaired) electrons. The van der Waals surface area contributed by atoms with E-state index in [-0.39, 0.29) is 12.5 Å². The first kappa shape index (κ1) is 14.0. The van der Waals surface area contributed by atoms with Crippen LogP contribution in [0.25, 0.3) is 5.00 Å². The van der Waals surface area contributed by atoms with Crippen molar-refractivity contribution in [3.8, 4) is 5.00 Å². The van der Waals surface area contributed by atoms with Gasteiger partial charge in [-0.2, -0.15) is 9.36 Å². The van der Waals surface area contributed by atoms with E-state index in [1.165, 1.54) is 16.0 Å². The third kappa shape index (κ3) is 3.19. The number of hydrogen-bond acceptors (Lipinski definition) is 6. The number of hydrogen-bond donors (Lipinski definition) is 1. The van der Waals surface area contributed by atoms with Crippen LogP contribution in [-0.2, 0) is 16.1 Å². The van der Waals surface area contributed by atoms with Crippen molar-refractivity contribution in [2.75, 3.05) is 19.8 Å². The summed E-state index contributed by atoms with van der Waals surface area (Å²) >= 11 is 1.38. The number of carbonyl (C=O) groups excluding carboxylic acids is 1. The Bertz CT molecular complexity index is 657. The molecule has 0 aliphatic carbocycles. The molecule has 3 rings (SSSR count). The van der Waals surface area contributed by atoms with E-state index in [0.29, 0.717) is 24.1 Å². The van der Waals surface area contributed by atoms with Crippen LogP contribution < -0.4 is 11.0 Å². The summed E-state index contributed by atoms with van der Waals surface area (Å²) in [6, 6.07) is 3.59. The predicted molar refractivity (Wildman–Crippen MR) is 75.4 cm³/mol. The van der Waals surface area contributed by atoms with Crippen molar-refractivity contribution in [2.24, 2.45) is 5.92 Å². The molecule has 8 nitrogen and oxygen atoms in total. The van der Waals surface area contributed by atoms with E-state index in [1.807, 2.05) is 11.4 Å². The number of nitrogens with one attached hydrogen (secondary N) is 1. The van der Waals surface area contributed by atoms with E-state index >= 15 is 0 Å². The van der Waals surface area contributed by atoms with Gasteiger partial charge in [-0.1, -0.05) is 0 Å². The normalized spacial score (nSPS) is 18.0. The molecule has 1 N–H and O–H groups in total. The minimum Gasteiger partial charge on any atom is -0.381 e. The van der Waals surface area contributed by atoms with Crippen molar-refractivity contribution in [3.05, 3.63) is 28.0 Å². The summed E-state index contributed by atoms with van der Waals surface area (Å²) in [5.41, 5.74) is -0.420. The molecule has 0 spiro atoms. The van der Waals surface area contributed by atoms with Crippen molar-refractivity contribution in [3.63, 3.8) is 0 Å². The molecule has 0 saturated carbocycles. The number of nitrogens with zero attached hydrogens (tertiary/aromatic N) is 4. The van der Waals surface area contributed by atoms with Crippen molar-refractivity contribution >= 4 is 17.2 Å². The van der Waals surface area contributed by atoms with E-state index in [4.69, 9.17) is 4.74 Å². The number of tetrazole rings is 1. The Hall–Kier alpha value is -2.00. The van der Waals surface area contributed by atoms with Crippen molar-refractivity contribution in [2.45, 2.75) is 13.0 Å². The lowest BCUT2D eigenvalue weighted by Crippen LogP contribution is -2.35. The zero-order valence-electron chi connectivity index (χ0n) is 11.3. The van der Waals surface area contributed by atoms with Crippen LogP contribution in [-0.4, -0.2) is 45.5 Å². The van der Waals surface area contributed by atoms with Crippen LogP contribution in [0.3, 0.4) is 0 Å². The molecule has 1 aliphatic rings. The van der Waals surface area contributed by atoms with E-state index in [1.54, 1.807) is 6.07 Å². The number of rotatable bonds is 5.